The van der Waals surface area contributed by atoms with Crippen LogP contribution in [0.3, 0.4) is 0 Å². The Morgan fingerprint density at radius 1 is 1.00 bits per heavy atom. The highest BCUT2D eigenvalue weighted by molar-refractivity contribution is 7.89. The number of rotatable bonds is 3. The maximum atomic E-state index is 12.5. The Morgan fingerprint density at radius 2 is 1.52 bits per heavy atom. The van der Waals surface area contributed by atoms with Crippen molar-refractivity contribution in [2.75, 3.05) is 0 Å². The Labute approximate surface area is 129 Å². The van der Waals surface area contributed by atoms with Gasteiger partial charge in [0.15, 0.2) is 0 Å². The first kappa shape index (κ1) is 13.9. The van der Waals surface area contributed by atoms with Crippen LogP contribution in [-0.4, -0.2) is 24.4 Å². The summed E-state index contributed by atoms with van der Waals surface area (Å²) in [5.41, 5.74) is 0. The third-order valence-corrected chi connectivity index (χ3v) is 7.03. The molecule has 0 unspecified atom stereocenters. The number of halogens is 1. The van der Waals surface area contributed by atoms with E-state index < -0.39 is 10.0 Å². The number of hydrogen-bond donors (Lipinski definition) is 1. The molecule has 1 heterocycles. The van der Waals surface area contributed by atoms with E-state index in [0.717, 1.165) is 11.8 Å². The highest BCUT2D eigenvalue weighted by atomic mass is 35.5. The molecule has 1 aromatic heterocycles. The van der Waals surface area contributed by atoms with Gasteiger partial charge in [0.1, 0.15) is 4.90 Å². The average molecular weight is 328 g/mol. The third kappa shape index (κ3) is 2.47. The predicted molar refractivity (Wildman–Crippen MR) is 78.2 cm³/mol. The van der Waals surface area contributed by atoms with Gasteiger partial charge >= 0.3 is 0 Å². The van der Waals surface area contributed by atoms with E-state index in [9.17, 15) is 8.42 Å². The van der Waals surface area contributed by atoms with Gasteiger partial charge in [-0.1, -0.05) is 0 Å². The first-order valence-electron chi connectivity index (χ1n) is 7.51. The minimum Gasteiger partial charge on any atom is -0.225 e. The molecule has 7 heteroatoms. The van der Waals surface area contributed by atoms with E-state index >= 15 is 0 Å². The molecule has 1 N–H and O–H groups in total. The van der Waals surface area contributed by atoms with Crippen LogP contribution in [0.1, 0.15) is 32.1 Å². The summed E-state index contributed by atoms with van der Waals surface area (Å²) in [6, 6.07) is 0.0819. The molecule has 0 saturated heterocycles. The van der Waals surface area contributed by atoms with Crippen molar-refractivity contribution in [2.24, 2.45) is 23.7 Å². The zero-order valence-electron chi connectivity index (χ0n) is 11.6. The molecule has 5 rings (SSSR count). The Hall–Kier alpha value is -0.720. The average Bonchev–Trinajstić information content (AvgIpc) is 2.42. The van der Waals surface area contributed by atoms with Crippen LogP contribution in [0, 0.1) is 23.7 Å². The van der Waals surface area contributed by atoms with Crippen molar-refractivity contribution >= 4 is 21.6 Å². The second kappa shape index (κ2) is 4.89. The van der Waals surface area contributed by atoms with E-state index in [1.165, 1.54) is 44.5 Å². The van der Waals surface area contributed by atoms with E-state index in [4.69, 9.17) is 11.6 Å². The summed E-state index contributed by atoms with van der Waals surface area (Å²) >= 11 is 5.61. The lowest BCUT2D eigenvalue weighted by Gasteiger charge is -2.54. The minimum absolute atomic E-state index is 0.0589. The van der Waals surface area contributed by atoms with Gasteiger partial charge in [-0.3, -0.25) is 0 Å². The van der Waals surface area contributed by atoms with Gasteiger partial charge in [-0.25, -0.2) is 23.1 Å². The SMILES string of the molecule is O=S(=O)(NC1C2CC3CC(C2)CC1C3)c1cnc(Cl)nc1. The van der Waals surface area contributed by atoms with Crippen molar-refractivity contribution in [3.63, 3.8) is 0 Å². The lowest BCUT2D eigenvalue weighted by molar-refractivity contribution is -0.00558. The van der Waals surface area contributed by atoms with Gasteiger partial charge in [0, 0.05) is 6.04 Å². The highest BCUT2D eigenvalue weighted by Crippen LogP contribution is 2.53. The van der Waals surface area contributed by atoms with Crippen LogP contribution < -0.4 is 4.72 Å². The number of sulfonamides is 1. The second-order valence-corrected chi connectivity index (χ2v) is 8.82. The summed E-state index contributed by atoms with van der Waals surface area (Å²) in [5.74, 6) is 2.66. The molecule has 5 nitrogen and oxygen atoms in total. The smallest absolute Gasteiger partial charge is 0.225 e. The lowest BCUT2D eigenvalue weighted by Crippen LogP contribution is -2.55. The molecule has 0 aliphatic heterocycles. The van der Waals surface area contributed by atoms with Crippen molar-refractivity contribution in [1.82, 2.24) is 14.7 Å². The van der Waals surface area contributed by atoms with E-state index in [0.29, 0.717) is 11.8 Å². The van der Waals surface area contributed by atoms with Gasteiger partial charge in [-0.05, 0) is 67.4 Å². The molecule has 0 spiro atoms. The second-order valence-electron chi connectivity index (χ2n) is 6.77. The molecule has 4 fully saturated rings. The van der Waals surface area contributed by atoms with Crippen molar-refractivity contribution in [1.29, 1.82) is 0 Å². The summed E-state index contributed by atoms with van der Waals surface area (Å²) in [4.78, 5) is 7.63. The van der Waals surface area contributed by atoms with Crippen LogP contribution in [0.25, 0.3) is 0 Å². The van der Waals surface area contributed by atoms with E-state index in [-0.39, 0.29) is 16.2 Å². The van der Waals surface area contributed by atoms with Crippen LogP contribution in [0.4, 0.5) is 0 Å². The summed E-state index contributed by atoms with van der Waals surface area (Å²) in [6.45, 7) is 0. The summed E-state index contributed by atoms with van der Waals surface area (Å²) in [6.07, 6.45) is 8.61. The largest absolute Gasteiger partial charge is 0.243 e. The molecule has 4 aliphatic rings. The molecular weight excluding hydrogens is 310 g/mol. The molecule has 4 bridgehead atoms. The van der Waals surface area contributed by atoms with Crippen LogP contribution in [0.2, 0.25) is 5.28 Å². The lowest BCUT2D eigenvalue weighted by atomic mass is 9.54. The molecule has 0 aromatic carbocycles. The Balaban J connectivity index is 1.56. The molecule has 4 aliphatic carbocycles. The van der Waals surface area contributed by atoms with Crippen LogP contribution >= 0.6 is 11.6 Å². The van der Waals surface area contributed by atoms with Crippen molar-refractivity contribution < 1.29 is 8.42 Å². The fraction of sp³-hybridized carbons (Fsp3) is 0.714. The summed E-state index contributed by atoms with van der Waals surface area (Å²) < 4.78 is 27.9. The quantitative estimate of drug-likeness (QED) is 0.864. The van der Waals surface area contributed by atoms with E-state index in [2.05, 4.69) is 14.7 Å². The minimum atomic E-state index is -3.55. The van der Waals surface area contributed by atoms with Gasteiger partial charge < -0.3 is 0 Å². The maximum absolute atomic E-state index is 12.5. The Kier molecular flexibility index (Phi) is 3.24. The number of nitrogens with one attached hydrogen (secondary N) is 1. The van der Waals surface area contributed by atoms with Crippen molar-refractivity contribution in [3.8, 4) is 0 Å². The fourth-order valence-electron chi connectivity index (χ4n) is 4.80. The number of aromatic nitrogens is 2. The standard InChI is InChI=1S/C14H18ClN3O2S/c15-14-16-6-12(7-17-14)21(19,20)18-13-10-2-8-1-9(4-10)5-11(13)3-8/h6-11,13,18H,1-5H2. The Morgan fingerprint density at radius 3 is 2.05 bits per heavy atom. The fourth-order valence-corrected chi connectivity index (χ4v) is 6.16. The van der Waals surface area contributed by atoms with Gasteiger partial charge in [-0.15, -0.1) is 0 Å². The van der Waals surface area contributed by atoms with Gasteiger partial charge in [0.2, 0.25) is 15.3 Å². The maximum Gasteiger partial charge on any atom is 0.243 e. The van der Waals surface area contributed by atoms with E-state index in [1.807, 2.05) is 0 Å². The third-order valence-electron chi connectivity index (χ3n) is 5.42. The molecule has 21 heavy (non-hydrogen) atoms. The topological polar surface area (TPSA) is 72.0 Å². The molecule has 114 valence electrons. The van der Waals surface area contributed by atoms with Crippen LogP contribution in [-0.2, 0) is 10.0 Å². The number of hydrogen-bond acceptors (Lipinski definition) is 4. The molecule has 0 atom stereocenters. The summed E-state index contributed by atoms with van der Waals surface area (Å²) in [5, 5.41) is 0.0589. The van der Waals surface area contributed by atoms with Gasteiger partial charge in [0.25, 0.3) is 0 Å². The van der Waals surface area contributed by atoms with E-state index in [1.54, 1.807) is 0 Å². The number of nitrogens with zero attached hydrogens (tertiary/aromatic N) is 2. The predicted octanol–water partition coefficient (Wildman–Crippen LogP) is 2.23. The van der Waals surface area contributed by atoms with Crippen molar-refractivity contribution in [2.45, 2.75) is 43.0 Å². The Bertz CT molecular complexity index is 619. The highest BCUT2D eigenvalue weighted by Gasteiger charge is 2.49. The molecule has 0 radical (unpaired) electrons. The zero-order chi connectivity index (χ0) is 14.6. The first-order chi connectivity index (χ1) is 10.0. The normalized spacial score (nSPS) is 37.9. The summed E-state index contributed by atoms with van der Waals surface area (Å²) in [7, 11) is -3.55. The molecular formula is C14H18ClN3O2S. The monoisotopic (exact) mass is 327 g/mol. The van der Waals surface area contributed by atoms with Gasteiger partial charge in [0.05, 0.1) is 12.4 Å². The molecule has 4 saturated carbocycles. The van der Waals surface area contributed by atoms with Crippen molar-refractivity contribution in [3.05, 3.63) is 17.7 Å². The van der Waals surface area contributed by atoms with Crippen LogP contribution in [0.5, 0.6) is 0 Å². The van der Waals surface area contributed by atoms with Crippen LogP contribution in [0.15, 0.2) is 17.3 Å². The molecule has 0 amide bonds. The van der Waals surface area contributed by atoms with Gasteiger partial charge in [-0.2, -0.15) is 0 Å². The molecule has 1 aromatic rings. The zero-order valence-corrected chi connectivity index (χ0v) is 13.1. The first-order valence-corrected chi connectivity index (χ1v) is 9.37.